The topological polar surface area (TPSA) is 23.5 Å². The highest BCUT2D eigenvalue weighted by Gasteiger charge is 2.25. The quantitative estimate of drug-likeness (QED) is 0.768. The van der Waals surface area contributed by atoms with Crippen molar-refractivity contribution in [2.75, 3.05) is 19.0 Å². The highest BCUT2D eigenvalue weighted by atomic mass is 31.1. The molecular formula is C23H34NOP. The first-order valence-electron chi connectivity index (χ1n) is 9.24. The summed E-state index contributed by atoms with van der Waals surface area (Å²) in [6, 6.07) is 10.8. The molecule has 0 amide bonds. The van der Waals surface area contributed by atoms with Gasteiger partial charge in [0.25, 0.3) is 0 Å². The highest BCUT2D eigenvalue weighted by molar-refractivity contribution is 7.56. The zero-order chi connectivity index (χ0) is 19.9. The van der Waals surface area contributed by atoms with Crippen molar-refractivity contribution in [2.24, 2.45) is 0 Å². The van der Waals surface area contributed by atoms with Crippen molar-refractivity contribution < 1.29 is 5.11 Å². The lowest BCUT2D eigenvalue weighted by molar-refractivity contribution is 0.449. The minimum Gasteiger partial charge on any atom is -0.507 e. The van der Waals surface area contributed by atoms with Crippen molar-refractivity contribution in [3.63, 3.8) is 0 Å². The first-order chi connectivity index (χ1) is 11.8. The Bertz CT molecular complexity index is 795. The van der Waals surface area contributed by atoms with Crippen molar-refractivity contribution in [3.8, 4) is 5.75 Å². The number of aromatic hydroxyl groups is 1. The second-order valence-electron chi connectivity index (χ2n) is 9.41. The van der Waals surface area contributed by atoms with E-state index in [-0.39, 0.29) is 10.8 Å². The Balaban J connectivity index is 2.68. The number of aryl methyl sites for hydroxylation is 1. The molecule has 0 saturated heterocycles. The van der Waals surface area contributed by atoms with Crippen LogP contribution in [0.4, 0.5) is 5.69 Å². The van der Waals surface area contributed by atoms with Crippen LogP contribution in [0, 0.1) is 6.92 Å². The zero-order valence-corrected chi connectivity index (χ0v) is 18.8. The molecule has 0 aliphatic rings. The van der Waals surface area contributed by atoms with E-state index < -0.39 is 0 Å². The van der Waals surface area contributed by atoms with Crippen molar-refractivity contribution >= 4 is 24.9 Å². The third kappa shape index (κ3) is 4.41. The molecule has 0 aliphatic heterocycles. The Hall–Kier alpha value is -1.53. The summed E-state index contributed by atoms with van der Waals surface area (Å²) in [5, 5.41) is 13.4. The van der Waals surface area contributed by atoms with Crippen LogP contribution in [0.3, 0.4) is 0 Å². The molecule has 2 aromatic rings. The minimum absolute atomic E-state index is 0.0447. The van der Waals surface area contributed by atoms with Gasteiger partial charge in [-0.25, -0.2) is 0 Å². The molecule has 0 aromatic heterocycles. The molecule has 1 atom stereocenters. The van der Waals surface area contributed by atoms with Gasteiger partial charge in [0, 0.05) is 36.0 Å². The van der Waals surface area contributed by atoms with Gasteiger partial charge in [-0.1, -0.05) is 68.3 Å². The fourth-order valence-electron chi connectivity index (χ4n) is 3.06. The number of hydrogen-bond acceptors (Lipinski definition) is 2. The molecule has 2 rings (SSSR count). The maximum absolute atomic E-state index is 11.1. The summed E-state index contributed by atoms with van der Waals surface area (Å²) in [6.07, 6.45) is 0. The Morgan fingerprint density at radius 3 is 2.04 bits per heavy atom. The fourth-order valence-corrected chi connectivity index (χ4v) is 4.52. The molecule has 0 spiro atoms. The molecule has 0 radical (unpaired) electrons. The molecule has 0 heterocycles. The Morgan fingerprint density at radius 2 is 1.54 bits per heavy atom. The van der Waals surface area contributed by atoms with E-state index in [4.69, 9.17) is 0 Å². The molecule has 2 nitrogen and oxygen atoms in total. The van der Waals surface area contributed by atoms with Crippen LogP contribution in [0.2, 0.25) is 0 Å². The standard InChI is InChI=1S/C23H34NOP/c1-15-11-10-12-18(24(8)9)21(15)26-19-14-16(22(2,3)4)13-17(20(19)25)23(5,6)7/h10-14,25-26H,1-9H3. The summed E-state index contributed by atoms with van der Waals surface area (Å²) in [4.78, 5) is 2.16. The smallest absolute Gasteiger partial charge is 0.127 e. The van der Waals surface area contributed by atoms with Crippen LogP contribution >= 0.6 is 8.58 Å². The summed E-state index contributed by atoms with van der Waals surface area (Å²) >= 11 is 0. The van der Waals surface area contributed by atoms with Gasteiger partial charge in [0.2, 0.25) is 0 Å². The van der Waals surface area contributed by atoms with Gasteiger partial charge >= 0.3 is 0 Å². The van der Waals surface area contributed by atoms with Gasteiger partial charge < -0.3 is 10.0 Å². The van der Waals surface area contributed by atoms with Crippen LogP contribution in [0.1, 0.15) is 58.2 Å². The van der Waals surface area contributed by atoms with E-state index in [1.807, 2.05) is 0 Å². The van der Waals surface area contributed by atoms with Crippen LogP contribution in [-0.4, -0.2) is 19.2 Å². The van der Waals surface area contributed by atoms with Gasteiger partial charge in [0.05, 0.1) is 0 Å². The number of phenolic OH excluding ortho intramolecular Hbond substituents is 1. The molecule has 1 unspecified atom stereocenters. The molecule has 0 bridgehead atoms. The normalized spacial score (nSPS) is 12.8. The molecule has 0 saturated carbocycles. The third-order valence-electron chi connectivity index (χ3n) is 4.78. The van der Waals surface area contributed by atoms with Crippen molar-refractivity contribution in [1.29, 1.82) is 0 Å². The summed E-state index contributed by atoms with van der Waals surface area (Å²) in [5.74, 6) is 0.455. The molecule has 142 valence electrons. The summed E-state index contributed by atoms with van der Waals surface area (Å²) in [5.41, 5.74) is 4.76. The second kappa shape index (κ2) is 7.24. The van der Waals surface area contributed by atoms with Gasteiger partial charge in [-0.15, -0.1) is 0 Å². The monoisotopic (exact) mass is 371 g/mol. The van der Waals surface area contributed by atoms with Gasteiger partial charge in [0.15, 0.2) is 0 Å². The van der Waals surface area contributed by atoms with E-state index in [0.717, 1.165) is 10.9 Å². The third-order valence-corrected chi connectivity index (χ3v) is 6.33. The molecule has 2 aromatic carbocycles. The number of nitrogens with zero attached hydrogens (tertiary/aromatic N) is 1. The number of benzene rings is 2. The Kier molecular flexibility index (Phi) is 5.78. The molecule has 3 heteroatoms. The molecular weight excluding hydrogens is 337 g/mol. The lowest BCUT2D eigenvalue weighted by atomic mass is 9.80. The van der Waals surface area contributed by atoms with Crippen LogP contribution in [0.25, 0.3) is 0 Å². The van der Waals surface area contributed by atoms with Crippen LogP contribution < -0.4 is 15.5 Å². The van der Waals surface area contributed by atoms with Crippen LogP contribution in [0.15, 0.2) is 30.3 Å². The van der Waals surface area contributed by atoms with Crippen molar-refractivity contribution in [1.82, 2.24) is 0 Å². The average Bonchev–Trinajstić information content (AvgIpc) is 2.48. The van der Waals surface area contributed by atoms with Crippen molar-refractivity contribution in [3.05, 3.63) is 47.0 Å². The first-order valence-corrected chi connectivity index (χ1v) is 10.2. The summed E-state index contributed by atoms with van der Waals surface area (Å²) in [6.45, 7) is 15.4. The van der Waals surface area contributed by atoms with Crippen LogP contribution in [-0.2, 0) is 10.8 Å². The lowest BCUT2D eigenvalue weighted by Crippen LogP contribution is -2.23. The molecule has 0 fully saturated rings. The van der Waals surface area contributed by atoms with Gasteiger partial charge in [-0.3, -0.25) is 0 Å². The maximum Gasteiger partial charge on any atom is 0.127 e. The predicted molar refractivity (Wildman–Crippen MR) is 119 cm³/mol. The minimum atomic E-state index is -0.0965. The predicted octanol–water partition coefficient (Wildman–Crippen LogP) is 4.99. The van der Waals surface area contributed by atoms with Crippen molar-refractivity contribution in [2.45, 2.75) is 59.3 Å². The summed E-state index contributed by atoms with van der Waals surface area (Å²) in [7, 11) is 4.58. The van der Waals surface area contributed by atoms with E-state index >= 15 is 0 Å². The number of anilines is 1. The highest BCUT2D eigenvalue weighted by Crippen LogP contribution is 2.37. The Morgan fingerprint density at radius 1 is 0.923 bits per heavy atom. The Labute approximate surface area is 161 Å². The number of hydrogen-bond donors (Lipinski definition) is 1. The molecule has 1 N–H and O–H groups in total. The first kappa shape index (κ1) is 20.8. The largest absolute Gasteiger partial charge is 0.507 e. The van der Waals surface area contributed by atoms with E-state index in [9.17, 15) is 5.11 Å². The second-order valence-corrected chi connectivity index (χ2v) is 10.7. The average molecular weight is 372 g/mol. The molecule has 26 heavy (non-hydrogen) atoms. The van der Waals surface area contributed by atoms with E-state index in [0.29, 0.717) is 14.3 Å². The van der Waals surface area contributed by atoms with Gasteiger partial charge in [-0.2, -0.15) is 0 Å². The van der Waals surface area contributed by atoms with Crippen LogP contribution in [0.5, 0.6) is 5.75 Å². The number of rotatable bonds is 3. The van der Waals surface area contributed by atoms with E-state index in [1.165, 1.54) is 22.1 Å². The van der Waals surface area contributed by atoms with E-state index in [1.54, 1.807) is 0 Å². The lowest BCUT2D eigenvalue weighted by Gasteiger charge is -2.28. The fraction of sp³-hybridized carbons (Fsp3) is 0.478. The van der Waals surface area contributed by atoms with E-state index in [2.05, 4.69) is 97.8 Å². The molecule has 0 aliphatic carbocycles. The number of phenols is 1. The maximum atomic E-state index is 11.1. The van der Waals surface area contributed by atoms with Gasteiger partial charge in [0.1, 0.15) is 5.75 Å². The van der Waals surface area contributed by atoms with Gasteiger partial charge in [-0.05, 0) is 41.0 Å². The summed E-state index contributed by atoms with van der Waals surface area (Å²) < 4.78 is 0. The zero-order valence-electron chi connectivity index (χ0n) is 17.8. The SMILES string of the molecule is Cc1cccc(N(C)C)c1Pc1cc(C(C)(C)C)cc(C(C)(C)C)c1O.